The van der Waals surface area contributed by atoms with Gasteiger partial charge in [-0.05, 0) is 36.8 Å². The van der Waals surface area contributed by atoms with E-state index in [0.29, 0.717) is 5.75 Å². The van der Waals surface area contributed by atoms with E-state index in [1.54, 1.807) is 14.1 Å². The molecular formula is C18H22N2O4S. The zero-order chi connectivity index (χ0) is 18.4. The van der Waals surface area contributed by atoms with Crippen LogP contribution in [0.3, 0.4) is 0 Å². The Morgan fingerprint density at radius 3 is 2.20 bits per heavy atom. The van der Waals surface area contributed by atoms with E-state index in [-0.39, 0.29) is 24.0 Å². The van der Waals surface area contributed by atoms with Gasteiger partial charge < -0.3 is 9.64 Å². The standard InChI is InChI=1S/C18H22N2O4S/c1-14-4-6-15(7-5-14)12-19-25(22,23)17-10-8-16(9-11-17)24-13-18(21)20(2)3/h4-11,19H,12-13H2,1-3H3. The number of amides is 1. The normalized spacial score (nSPS) is 11.2. The van der Waals surface area contributed by atoms with Crippen molar-refractivity contribution in [3.8, 4) is 5.75 Å². The maximum absolute atomic E-state index is 12.3. The van der Waals surface area contributed by atoms with Crippen LogP contribution in [0, 0.1) is 6.92 Å². The summed E-state index contributed by atoms with van der Waals surface area (Å²) in [7, 11) is -0.331. The SMILES string of the molecule is Cc1ccc(CNS(=O)(=O)c2ccc(OCC(=O)N(C)C)cc2)cc1. The van der Waals surface area contributed by atoms with Gasteiger partial charge in [0.2, 0.25) is 10.0 Å². The first-order chi connectivity index (χ1) is 11.8. The molecule has 0 unspecified atom stereocenters. The van der Waals surface area contributed by atoms with E-state index in [4.69, 9.17) is 4.74 Å². The number of sulfonamides is 1. The number of aryl methyl sites for hydroxylation is 1. The van der Waals surface area contributed by atoms with Crippen LogP contribution in [0.15, 0.2) is 53.4 Å². The largest absolute Gasteiger partial charge is 0.484 e. The van der Waals surface area contributed by atoms with E-state index in [0.717, 1.165) is 11.1 Å². The van der Waals surface area contributed by atoms with E-state index in [1.165, 1.54) is 29.2 Å². The molecule has 1 N–H and O–H groups in total. The molecule has 6 nitrogen and oxygen atoms in total. The molecule has 0 radical (unpaired) electrons. The van der Waals surface area contributed by atoms with Crippen molar-refractivity contribution < 1.29 is 17.9 Å². The summed E-state index contributed by atoms with van der Waals surface area (Å²) in [5, 5.41) is 0. The second-order valence-corrected chi connectivity index (χ2v) is 7.63. The van der Waals surface area contributed by atoms with Gasteiger partial charge in [0.15, 0.2) is 6.61 Å². The van der Waals surface area contributed by atoms with Crippen molar-refractivity contribution in [2.24, 2.45) is 0 Å². The number of nitrogens with one attached hydrogen (secondary N) is 1. The molecule has 1 amide bonds. The van der Waals surface area contributed by atoms with Gasteiger partial charge in [0.05, 0.1) is 4.90 Å². The van der Waals surface area contributed by atoms with Crippen LogP contribution in [-0.4, -0.2) is 39.9 Å². The number of carbonyl (C=O) groups is 1. The monoisotopic (exact) mass is 362 g/mol. The second-order valence-electron chi connectivity index (χ2n) is 5.86. The van der Waals surface area contributed by atoms with E-state index in [2.05, 4.69) is 4.72 Å². The lowest BCUT2D eigenvalue weighted by atomic mass is 10.2. The number of nitrogens with zero attached hydrogens (tertiary/aromatic N) is 1. The number of likely N-dealkylation sites (N-methyl/N-ethyl adjacent to an activating group) is 1. The van der Waals surface area contributed by atoms with E-state index < -0.39 is 10.0 Å². The molecule has 0 saturated carbocycles. The molecule has 25 heavy (non-hydrogen) atoms. The lowest BCUT2D eigenvalue weighted by molar-refractivity contribution is -0.130. The van der Waals surface area contributed by atoms with Gasteiger partial charge in [-0.3, -0.25) is 4.79 Å². The highest BCUT2D eigenvalue weighted by molar-refractivity contribution is 7.89. The van der Waals surface area contributed by atoms with Gasteiger partial charge in [0.25, 0.3) is 5.91 Å². The van der Waals surface area contributed by atoms with E-state index >= 15 is 0 Å². The fourth-order valence-corrected chi connectivity index (χ4v) is 2.97. The van der Waals surface area contributed by atoms with Crippen molar-refractivity contribution in [3.05, 3.63) is 59.7 Å². The first-order valence-electron chi connectivity index (χ1n) is 7.76. The number of benzene rings is 2. The maximum Gasteiger partial charge on any atom is 0.259 e. The van der Waals surface area contributed by atoms with Crippen molar-refractivity contribution >= 4 is 15.9 Å². The third kappa shape index (κ3) is 5.58. The molecule has 2 aromatic rings. The molecule has 0 fully saturated rings. The van der Waals surface area contributed by atoms with Crippen LogP contribution in [0.2, 0.25) is 0 Å². The van der Waals surface area contributed by atoms with Crippen molar-refractivity contribution in [1.82, 2.24) is 9.62 Å². The Kier molecular flexibility index (Phi) is 6.17. The molecule has 0 spiro atoms. The number of rotatable bonds is 7. The van der Waals surface area contributed by atoms with Gasteiger partial charge in [-0.1, -0.05) is 29.8 Å². The van der Waals surface area contributed by atoms with Crippen LogP contribution in [0.1, 0.15) is 11.1 Å². The summed E-state index contributed by atoms with van der Waals surface area (Å²) in [5.41, 5.74) is 2.01. The summed E-state index contributed by atoms with van der Waals surface area (Å²) < 4.78 is 32.5. The summed E-state index contributed by atoms with van der Waals surface area (Å²) in [5.74, 6) is 0.268. The Bertz CT molecular complexity index is 813. The highest BCUT2D eigenvalue weighted by Crippen LogP contribution is 2.16. The Labute approximate surface area is 148 Å². The second kappa shape index (κ2) is 8.13. The Morgan fingerprint density at radius 2 is 1.64 bits per heavy atom. The highest BCUT2D eigenvalue weighted by Gasteiger charge is 2.14. The summed E-state index contributed by atoms with van der Waals surface area (Å²) >= 11 is 0. The van der Waals surface area contributed by atoms with Crippen LogP contribution >= 0.6 is 0 Å². The summed E-state index contributed by atoms with van der Waals surface area (Å²) in [4.78, 5) is 13.0. The average molecular weight is 362 g/mol. The number of hydrogen-bond donors (Lipinski definition) is 1. The third-order valence-corrected chi connectivity index (χ3v) is 5.00. The van der Waals surface area contributed by atoms with Crippen LogP contribution in [0.4, 0.5) is 0 Å². The van der Waals surface area contributed by atoms with E-state index in [1.807, 2.05) is 31.2 Å². The molecule has 0 heterocycles. The minimum Gasteiger partial charge on any atom is -0.484 e. The molecule has 0 atom stereocenters. The summed E-state index contributed by atoms with van der Waals surface area (Å²) in [6.07, 6.45) is 0. The maximum atomic E-state index is 12.3. The van der Waals surface area contributed by atoms with Gasteiger partial charge in [0.1, 0.15) is 5.75 Å². The summed E-state index contributed by atoms with van der Waals surface area (Å²) in [6, 6.07) is 13.6. The smallest absolute Gasteiger partial charge is 0.259 e. The number of hydrogen-bond acceptors (Lipinski definition) is 4. The third-order valence-electron chi connectivity index (χ3n) is 3.58. The number of ether oxygens (including phenoxy) is 1. The predicted octanol–water partition coefficient (Wildman–Crippen LogP) is 1.94. The predicted molar refractivity (Wildman–Crippen MR) is 95.8 cm³/mol. The Balaban J connectivity index is 1.97. The zero-order valence-electron chi connectivity index (χ0n) is 14.5. The molecular weight excluding hydrogens is 340 g/mol. The van der Waals surface area contributed by atoms with Crippen LogP contribution in [-0.2, 0) is 21.4 Å². The molecule has 2 rings (SSSR count). The van der Waals surface area contributed by atoms with Gasteiger partial charge in [-0.25, -0.2) is 13.1 Å². The van der Waals surface area contributed by atoms with Gasteiger partial charge >= 0.3 is 0 Å². The molecule has 0 aliphatic carbocycles. The van der Waals surface area contributed by atoms with Gasteiger partial charge in [-0.15, -0.1) is 0 Å². The fourth-order valence-electron chi connectivity index (χ4n) is 1.96. The first-order valence-corrected chi connectivity index (χ1v) is 9.24. The molecule has 0 bridgehead atoms. The molecule has 7 heteroatoms. The minimum absolute atomic E-state index is 0.0925. The van der Waals surface area contributed by atoms with Crippen molar-refractivity contribution in [2.75, 3.05) is 20.7 Å². The van der Waals surface area contributed by atoms with Gasteiger partial charge in [-0.2, -0.15) is 0 Å². The topological polar surface area (TPSA) is 75.7 Å². The Morgan fingerprint density at radius 1 is 1.04 bits per heavy atom. The highest BCUT2D eigenvalue weighted by atomic mass is 32.2. The molecule has 0 aromatic heterocycles. The fraction of sp³-hybridized carbons (Fsp3) is 0.278. The molecule has 0 saturated heterocycles. The van der Waals surface area contributed by atoms with Crippen LogP contribution < -0.4 is 9.46 Å². The lowest BCUT2D eigenvalue weighted by Crippen LogP contribution is -2.27. The first kappa shape index (κ1) is 19.0. The summed E-state index contributed by atoms with van der Waals surface area (Å²) in [6.45, 7) is 2.10. The zero-order valence-corrected chi connectivity index (χ0v) is 15.3. The lowest BCUT2D eigenvalue weighted by Gasteiger charge is -2.12. The minimum atomic E-state index is -3.61. The molecule has 134 valence electrons. The van der Waals surface area contributed by atoms with Gasteiger partial charge in [0, 0.05) is 20.6 Å². The quantitative estimate of drug-likeness (QED) is 0.817. The van der Waals surface area contributed by atoms with Crippen LogP contribution in [0.25, 0.3) is 0 Å². The van der Waals surface area contributed by atoms with Crippen molar-refractivity contribution in [2.45, 2.75) is 18.4 Å². The van der Waals surface area contributed by atoms with Crippen molar-refractivity contribution in [1.29, 1.82) is 0 Å². The number of carbonyl (C=O) groups excluding carboxylic acids is 1. The molecule has 2 aromatic carbocycles. The Hall–Kier alpha value is -2.38. The molecule has 0 aliphatic rings. The van der Waals surface area contributed by atoms with Crippen molar-refractivity contribution in [3.63, 3.8) is 0 Å². The van der Waals surface area contributed by atoms with Crippen LogP contribution in [0.5, 0.6) is 5.75 Å². The van der Waals surface area contributed by atoms with E-state index in [9.17, 15) is 13.2 Å². The molecule has 0 aliphatic heterocycles. The average Bonchev–Trinajstić information content (AvgIpc) is 2.59.